The van der Waals surface area contributed by atoms with Gasteiger partial charge in [-0.25, -0.2) is 0 Å². The van der Waals surface area contributed by atoms with Gasteiger partial charge in [0.15, 0.2) is 11.3 Å². The normalized spacial score (nSPS) is 14.2. The van der Waals surface area contributed by atoms with Gasteiger partial charge < -0.3 is 9.52 Å². The van der Waals surface area contributed by atoms with Crippen molar-refractivity contribution >= 4 is 23.4 Å². The second kappa shape index (κ2) is 5.14. The summed E-state index contributed by atoms with van der Waals surface area (Å²) in [6, 6.07) is 3.09. The van der Waals surface area contributed by atoms with Crippen molar-refractivity contribution in [2.45, 2.75) is 18.0 Å². The van der Waals surface area contributed by atoms with Crippen LogP contribution in [0.4, 0.5) is 13.2 Å². The summed E-state index contributed by atoms with van der Waals surface area (Å²) >= 11 is 6.40. The number of hydrogen-bond donors (Lipinski definition) is 1. The molecule has 1 aromatic rings. The number of alkyl halides is 3. The van der Waals surface area contributed by atoms with E-state index >= 15 is 0 Å². The molecule has 0 aliphatic carbocycles. The molecular formula is C8H8ClF3O2S. The molecule has 15 heavy (non-hydrogen) atoms. The summed E-state index contributed by atoms with van der Waals surface area (Å²) in [5.41, 5.74) is 0. The van der Waals surface area contributed by atoms with Crippen molar-refractivity contribution in [1.29, 1.82) is 0 Å². The molecule has 0 saturated carbocycles. The minimum atomic E-state index is -4.56. The minimum absolute atomic E-state index is 0.196. The van der Waals surface area contributed by atoms with Crippen molar-refractivity contribution in [3.63, 3.8) is 0 Å². The first kappa shape index (κ1) is 12.7. The van der Waals surface area contributed by atoms with Gasteiger partial charge in [-0.05, 0) is 23.7 Å². The maximum Gasteiger partial charge on any atom is 0.415 e. The number of hydrogen-bond acceptors (Lipinski definition) is 3. The lowest BCUT2D eigenvalue weighted by atomic mass is 10.4. The highest BCUT2D eigenvalue weighted by molar-refractivity contribution is 7.98. The number of aliphatic hydroxyl groups is 1. The van der Waals surface area contributed by atoms with E-state index in [4.69, 9.17) is 21.1 Å². The number of rotatable bonds is 4. The summed E-state index contributed by atoms with van der Waals surface area (Å²) in [7, 11) is 0. The Kier molecular flexibility index (Phi) is 4.36. The average Bonchev–Trinajstić information content (AvgIpc) is 2.49. The number of aliphatic hydroxyl groups excluding tert-OH is 1. The van der Waals surface area contributed by atoms with Gasteiger partial charge >= 0.3 is 6.18 Å². The molecule has 86 valence electrons. The standard InChI is InChI=1S/C8H8ClF3O2S/c9-7-2-1-5(14-7)3-15-4-6(13)8(10,11)12/h1-2,6,13H,3-4H2. The SMILES string of the molecule is OC(CSCc1ccc(Cl)o1)C(F)(F)F. The smallest absolute Gasteiger partial charge is 0.415 e. The third kappa shape index (κ3) is 4.36. The van der Waals surface area contributed by atoms with Gasteiger partial charge in [0, 0.05) is 5.75 Å². The predicted molar refractivity (Wildman–Crippen MR) is 51.9 cm³/mol. The third-order valence-corrected chi connectivity index (χ3v) is 2.77. The van der Waals surface area contributed by atoms with Gasteiger partial charge in [0.05, 0.1) is 5.75 Å². The Hall–Kier alpha value is -0.330. The highest BCUT2D eigenvalue weighted by atomic mass is 35.5. The lowest BCUT2D eigenvalue weighted by Crippen LogP contribution is -2.30. The highest BCUT2D eigenvalue weighted by Crippen LogP contribution is 2.25. The topological polar surface area (TPSA) is 33.4 Å². The molecule has 0 aliphatic rings. The quantitative estimate of drug-likeness (QED) is 0.903. The van der Waals surface area contributed by atoms with E-state index in [0.29, 0.717) is 5.76 Å². The zero-order chi connectivity index (χ0) is 11.5. The zero-order valence-electron chi connectivity index (χ0n) is 7.42. The van der Waals surface area contributed by atoms with Gasteiger partial charge in [-0.3, -0.25) is 0 Å². The molecule has 7 heteroatoms. The molecule has 1 heterocycles. The largest absolute Gasteiger partial charge is 0.449 e. The Morgan fingerprint density at radius 2 is 2.13 bits per heavy atom. The number of furan rings is 1. The van der Waals surface area contributed by atoms with Crippen molar-refractivity contribution in [3.05, 3.63) is 23.1 Å². The molecule has 2 nitrogen and oxygen atoms in total. The van der Waals surface area contributed by atoms with Gasteiger partial charge in [-0.2, -0.15) is 24.9 Å². The summed E-state index contributed by atoms with van der Waals surface area (Å²) in [5, 5.41) is 8.86. The van der Waals surface area contributed by atoms with Crippen molar-refractivity contribution < 1.29 is 22.7 Å². The molecule has 0 aliphatic heterocycles. The van der Waals surface area contributed by atoms with Gasteiger partial charge in [-0.15, -0.1) is 0 Å². The molecular weight excluding hydrogens is 253 g/mol. The van der Waals surface area contributed by atoms with Crippen LogP contribution in [0.5, 0.6) is 0 Å². The van der Waals surface area contributed by atoms with E-state index in [9.17, 15) is 13.2 Å². The molecule has 1 atom stereocenters. The molecule has 0 amide bonds. The van der Waals surface area contributed by atoms with Crippen LogP contribution in [0, 0.1) is 0 Å². The van der Waals surface area contributed by atoms with Gasteiger partial charge in [0.1, 0.15) is 5.76 Å². The van der Waals surface area contributed by atoms with Crippen LogP contribution in [0.1, 0.15) is 5.76 Å². The Balaban J connectivity index is 2.28. The summed E-state index contributed by atoms with van der Waals surface area (Å²) < 4.78 is 40.5. The molecule has 1 N–H and O–H groups in total. The molecule has 1 unspecified atom stereocenters. The van der Waals surface area contributed by atoms with Crippen LogP contribution in [0.3, 0.4) is 0 Å². The maximum atomic E-state index is 11.9. The fourth-order valence-corrected chi connectivity index (χ4v) is 1.84. The summed E-state index contributed by atoms with van der Waals surface area (Å²) in [6.45, 7) is 0. The highest BCUT2D eigenvalue weighted by Gasteiger charge is 2.37. The third-order valence-electron chi connectivity index (χ3n) is 1.53. The fourth-order valence-electron chi connectivity index (χ4n) is 0.795. The lowest BCUT2D eigenvalue weighted by molar-refractivity contribution is -0.195. The van der Waals surface area contributed by atoms with Crippen LogP contribution in [-0.2, 0) is 5.75 Å². The van der Waals surface area contributed by atoms with E-state index in [1.54, 1.807) is 6.07 Å². The Morgan fingerprint density at radius 1 is 1.47 bits per heavy atom. The Bertz CT molecular complexity index is 313. The van der Waals surface area contributed by atoms with Crippen LogP contribution in [-0.4, -0.2) is 23.1 Å². The predicted octanol–water partition coefficient (Wildman–Crippen LogP) is 3.09. The van der Waals surface area contributed by atoms with E-state index in [1.807, 2.05) is 0 Å². The van der Waals surface area contributed by atoms with Gasteiger partial charge in [-0.1, -0.05) is 0 Å². The van der Waals surface area contributed by atoms with Crippen molar-refractivity contribution in [3.8, 4) is 0 Å². The summed E-state index contributed by atoms with van der Waals surface area (Å²) in [6.07, 6.45) is -6.86. The maximum absolute atomic E-state index is 11.9. The fraction of sp³-hybridized carbons (Fsp3) is 0.500. The first-order valence-electron chi connectivity index (χ1n) is 3.96. The molecule has 0 aromatic carbocycles. The van der Waals surface area contributed by atoms with Gasteiger partial charge in [0.25, 0.3) is 0 Å². The molecule has 0 saturated heterocycles. The monoisotopic (exact) mass is 260 g/mol. The second-order valence-electron chi connectivity index (χ2n) is 2.78. The average molecular weight is 261 g/mol. The molecule has 0 radical (unpaired) electrons. The van der Waals surface area contributed by atoms with Crippen LogP contribution in [0.25, 0.3) is 0 Å². The van der Waals surface area contributed by atoms with Gasteiger partial charge in [0.2, 0.25) is 0 Å². The molecule has 1 rings (SSSR count). The van der Waals surface area contributed by atoms with Crippen LogP contribution in [0.15, 0.2) is 16.5 Å². The first-order chi connectivity index (χ1) is 6.89. The Labute approximate surface area is 93.4 Å². The van der Waals surface area contributed by atoms with E-state index in [2.05, 4.69) is 0 Å². The summed E-state index contributed by atoms with van der Waals surface area (Å²) in [4.78, 5) is 0. The van der Waals surface area contributed by atoms with Crippen molar-refractivity contribution in [1.82, 2.24) is 0 Å². The number of thioether (sulfide) groups is 1. The minimum Gasteiger partial charge on any atom is -0.449 e. The second-order valence-corrected chi connectivity index (χ2v) is 4.18. The number of halogens is 4. The van der Waals surface area contributed by atoms with Crippen LogP contribution < -0.4 is 0 Å². The zero-order valence-corrected chi connectivity index (χ0v) is 8.99. The van der Waals surface area contributed by atoms with E-state index in [1.165, 1.54) is 6.07 Å². The van der Waals surface area contributed by atoms with E-state index in [0.717, 1.165) is 11.8 Å². The van der Waals surface area contributed by atoms with Crippen LogP contribution >= 0.6 is 23.4 Å². The molecule has 0 spiro atoms. The Morgan fingerprint density at radius 3 is 2.60 bits per heavy atom. The van der Waals surface area contributed by atoms with Crippen LogP contribution in [0.2, 0.25) is 5.22 Å². The summed E-state index contributed by atoms with van der Waals surface area (Å²) in [5.74, 6) is 0.321. The first-order valence-corrected chi connectivity index (χ1v) is 5.49. The lowest BCUT2D eigenvalue weighted by Gasteiger charge is -2.13. The van der Waals surface area contributed by atoms with E-state index in [-0.39, 0.29) is 11.0 Å². The molecule has 0 bridgehead atoms. The van der Waals surface area contributed by atoms with Crippen molar-refractivity contribution in [2.75, 3.05) is 5.75 Å². The molecule has 0 fully saturated rings. The van der Waals surface area contributed by atoms with Crippen molar-refractivity contribution in [2.24, 2.45) is 0 Å². The van der Waals surface area contributed by atoms with E-state index < -0.39 is 18.0 Å². The molecule has 1 aromatic heterocycles.